The Morgan fingerprint density at radius 3 is 2.71 bits per heavy atom. The molecule has 0 heterocycles. The number of halogens is 1. The third kappa shape index (κ3) is 3.38. The lowest BCUT2D eigenvalue weighted by atomic mass is 10.1. The molecule has 0 saturated carbocycles. The zero-order chi connectivity index (χ0) is 15.4. The van der Waals surface area contributed by atoms with Gasteiger partial charge in [-0.3, -0.25) is 4.79 Å². The summed E-state index contributed by atoms with van der Waals surface area (Å²) >= 11 is 0. The Kier molecular flexibility index (Phi) is 4.55. The number of amides is 1. The Balaban J connectivity index is 2.25. The molecule has 0 bridgehead atoms. The van der Waals surface area contributed by atoms with Gasteiger partial charge in [0.15, 0.2) is 0 Å². The largest absolute Gasteiger partial charge is 0.496 e. The van der Waals surface area contributed by atoms with Crippen molar-refractivity contribution in [1.29, 1.82) is 0 Å². The zero-order valence-corrected chi connectivity index (χ0v) is 11.8. The second-order valence-electron chi connectivity index (χ2n) is 4.60. The lowest BCUT2D eigenvalue weighted by Crippen LogP contribution is -2.14. The first-order valence-electron chi connectivity index (χ1n) is 6.40. The first-order chi connectivity index (χ1) is 10.0. The highest BCUT2D eigenvalue weighted by molar-refractivity contribution is 6.05. The van der Waals surface area contributed by atoms with E-state index in [1.165, 1.54) is 19.2 Å². The maximum atomic E-state index is 13.2. The molecule has 0 saturated heterocycles. The van der Waals surface area contributed by atoms with Gasteiger partial charge in [-0.1, -0.05) is 6.07 Å². The fourth-order valence-electron chi connectivity index (χ4n) is 2.02. The molecule has 0 spiro atoms. The number of hydrogen-bond acceptors (Lipinski definition) is 3. The van der Waals surface area contributed by atoms with E-state index in [2.05, 4.69) is 5.32 Å². The van der Waals surface area contributed by atoms with Crippen LogP contribution in [0.15, 0.2) is 36.4 Å². The SMILES string of the molecule is COc1ccc(NC(=O)c2cc(F)ccc2C)cc1CO. The van der Waals surface area contributed by atoms with Crippen molar-refractivity contribution in [3.05, 3.63) is 58.9 Å². The van der Waals surface area contributed by atoms with E-state index in [-0.39, 0.29) is 12.2 Å². The number of aryl methyl sites for hydroxylation is 1. The van der Waals surface area contributed by atoms with Gasteiger partial charge in [-0.25, -0.2) is 4.39 Å². The fraction of sp³-hybridized carbons (Fsp3) is 0.188. The summed E-state index contributed by atoms with van der Waals surface area (Å²) in [5.41, 5.74) is 2.03. The summed E-state index contributed by atoms with van der Waals surface area (Å²) in [7, 11) is 1.50. The van der Waals surface area contributed by atoms with E-state index in [1.807, 2.05) is 0 Å². The molecule has 0 aromatic heterocycles. The number of hydrogen-bond donors (Lipinski definition) is 2. The predicted octanol–water partition coefficient (Wildman–Crippen LogP) is 2.89. The minimum Gasteiger partial charge on any atom is -0.496 e. The number of nitrogens with one attached hydrogen (secondary N) is 1. The van der Waals surface area contributed by atoms with Crippen molar-refractivity contribution >= 4 is 11.6 Å². The molecule has 2 rings (SSSR count). The quantitative estimate of drug-likeness (QED) is 0.910. The molecule has 5 heteroatoms. The van der Waals surface area contributed by atoms with Crippen molar-refractivity contribution in [3.8, 4) is 5.75 Å². The van der Waals surface area contributed by atoms with Crippen molar-refractivity contribution in [2.24, 2.45) is 0 Å². The number of anilines is 1. The number of benzene rings is 2. The van der Waals surface area contributed by atoms with Gasteiger partial charge in [-0.2, -0.15) is 0 Å². The van der Waals surface area contributed by atoms with Crippen molar-refractivity contribution in [1.82, 2.24) is 0 Å². The number of ether oxygens (including phenoxy) is 1. The Hall–Kier alpha value is -2.40. The number of methoxy groups -OCH3 is 1. The normalized spacial score (nSPS) is 10.3. The van der Waals surface area contributed by atoms with E-state index in [0.717, 1.165) is 0 Å². The van der Waals surface area contributed by atoms with Crippen LogP contribution < -0.4 is 10.1 Å². The van der Waals surface area contributed by atoms with E-state index < -0.39 is 11.7 Å². The smallest absolute Gasteiger partial charge is 0.256 e. The van der Waals surface area contributed by atoms with Crippen LogP contribution in [0, 0.1) is 12.7 Å². The number of aliphatic hydroxyl groups excluding tert-OH is 1. The number of aliphatic hydroxyl groups is 1. The highest BCUT2D eigenvalue weighted by Gasteiger charge is 2.11. The van der Waals surface area contributed by atoms with Crippen molar-refractivity contribution in [2.45, 2.75) is 13.5 Å². The molecular formula is C16H16FNO3. The second kappa shape index (κ2) is 6.37. The highest BCUT2D eigenvalue weighted by Crippen LogP contribution is 2.23. The molecular weight excluding hydrogens is 273 g/mol. The van der Waals surface area contributed by atoms with Crippen molar-refractivity contribution in [3.63, 3.8) is 0 Å². The van der Waals surface area contributed by atoms with Gasteiger partial charge in [-0.05, 0) is 42.8 Å². The van der Waals surface area contributed by atoms with Crippen LogP contribution in [-0.4, -0.2) is 18.1 Å². The standard InChI is InChI=1S/C16H16FNO3/c1-10-3-4-12(17)8-14(10)16(20)18-13-5-6-15(21-2)11(7-13)9-19/h3-8,19H,9H2,1-2H3,(H,18,20). The summed E-state index contributed by atoms with van der Waals surface area (Å²) in [5, 5.41) is 11.9. The lowest BCUT2D eigenvalue weighted by Gasteiger charge is -2.11. The molecule has 0 atom stereocenters. The third-order valence-electron chi connectivity index (χ3n) is 3.15. The van der Waals surface area contributed by atoms with Crippen LogP contribution in [0.4, 0.5) is 10.1 Å². The van der Waals surface area contributed by atoms with E-state index >= 15 is 0 Å². The first kappa shape index (κ1) is 15.0. The van der Waals surface area contributed by atoms with E-state index in [1.54, 1.807) is 31.2 Å². The Labute approximate surface area is 122 Å². The van der Waals surface area contributed by atoms with Gasteiger partial charge < -0.3 is 15.2 Å². The summed E-state index contributed by atoms with van der Waals surface area (Å²) in [6.45, 7) is 1.54. The zero-order valence-electron chi connectivity index (χ0n) is 11.8. The average Bonchev–Trinajstić information content (AvgIpc) is 2.49. The molecule has 0 aliphatic heterocycles. The van der Waals surface area contributed by atoms with Gasteiger partial charge in [0.2, 0.25) is 0 Å². The summed E-state index contributed by atoms with van der Waals surface area (Å²) in [5.74, 6) is -0.324. The Bertz CT molecular complexity index is 671. The van der Waals surface area contributed by atoms with Crippen LogP contribution in [0.2, 0.25) is 0 Å². The molecule has 2 N–H and O–H groups in total. The maximum absolute atomic E-state index is 13.2. The topological polar surface area (TPSA) is 58.6 Å². The summed E-state index contributed by atoms with van der Waals surface area (Å²) in [6, 6.07) is 8.98. The van der Waals surface area contributed by atoms with Crippen molar-refractivity contribution in [2.75, 3.05) is 12.4 Å². The van der Waals surface area contributed by atoms with Crippen LogP contribution >= 0.6 is 0 Å². The predicted molar refractivity (Wildman–Crippen MR) is 78.0 cm³/mol. The summed E-state index contributed by atoms with van der Waals surface area (Å²) in [4.78, 5) is 12.2. The van der Waals surface area contributed by atoms with Gasteiger partial charge >= 0.3 is 0 Å². The Morgan fingerprint density at radius 2 is 2.05 bits per heavy atom. The molecule has 0 unspecified atom stereocenters. The molecule has 21 heavy (non-hydrogen) atoms. The third-order valence-corrected chi connectivity index (χ3v) is 3.15. The number of carbonyl (C=O) groups is 1. The van der Waals surface area contributed by atoms with Crippen LogP contribution in [0.1, 0.15) is 21.5 Å². The van der Waals surface area contributed by atoms with Crippen LogP contribution in [0.25, 0.3) is 0 Å². The van der Waals surface area contributed by atoms with Crippen LogP contribution in [-0.2, 0) is 6.61 Å². The average molecular weight is 289 g/mol. The fourth-order valence-corrected chi connectivity index (χ4v) is 2.02. The van der Waals surface area contributed by atoms with Crippen molar-refractivity contribution < 1.29 is 19.0 Å². The lowest BCUT2D eigenvalue weighted by molar-refractivity contribution is 0.102. The molecule has 0 aliphatic rings. The van der Waals surface area contributed by atoms with Crippen LogP contribution in [0.3, 0.4) is 0 Å². The summed E-state index contributed by atoms with van der Waals surface area (Å²) < 4.78 is 18.3. The molecule has 110 valence electrons. The molecule has 0 aliphatic carbocycles. The first-order valence-corrected chi connectivity index (χ1v) is 6.40. The van der Waals surface area contributed by atoms with Gasteiger partial charge in [0.25, 0.3) is 5.91 Å². The van der Waals surface area contributed by atoms with E-state index in [0.29, 0.717) is 22.6 Å². The Morgan fingerprint density at radius 1 is 1.29 bits per heavy atom. The molecule has 0 radical (unpaired) electrons. The van der Waals surface area contributed by atoms with Gasteiger partial charge in [0.1, 0.15) is 11.6 Å². The summed E-state index contributed by atoms with van der Waals surface area (Å²) in [6.07, 6.45) is 0. The van der Waals surface area contributed by atoms with Gasteiger partial charge in [0.05, 0.1) is 13.7 Å². The number of rotatable bonds is 4. The molecule has 4 nitrogen and oxygen atoms in total. The minimum absolute atomic E-state index is 0.203. The van der Waals surface area contributed by atoms with Crippen LogP contribution in [0.5, 0.6) is 5.75 Å². The molecule has 1 amide bonds. The molecule has 0 fully saturated rings. The molecule has 2 aromatic carbocycles. The van der Waals surface area contributed by atoms with E-state index in [4.69, 9.17) is 4.74 Å². The highest BCUT2D eigenvalue weighted by atomic mass is 19.1. The van der Waals surface area contributed by atoms with Gasteiger partial charge in [-0.15, -0.1) is 0 Å². The second-order valence-corrected chi connectivity index (χ2v) is 4.60. The monoisotopic (exact) mass is 289 g/mol. The molecule has 2 aromatic rings. The number of carbonyl (C=O) groups excluding carboxylic acids is 1. The van der Waals surface area contributed by atoms with E-state index in [9.17, 15) is 14.3 Å². The van der Waals surface area contributed by atoms with Gasteiger partial charge in [0, 0.05) is 16.8 Å². The maximum Gasteiger partial charge on any atom is 0.256 e. The minimum atomic E-state index is -0.462.